The monoisotopic (exact) mass is 318 g/mol. The molecule has 6 heteroatoms. The molecule has 1 fully saturated rings. The van der Waals surface area contributed by atoms with Crippen LogP contribution < -0.4 is 16.1 Å². The lowest BCUT2D eigenvalue weighted by Gasteiger charge is -2.36. The minimum absolute atomic E-state index is 0.0489. The molecular formula is C17H26N4O2. The highest BCUT2D eigenvalue weighted by Crippen LogP contribution is 2.32. The summed E-state index contributed by atoms with van der Waals surface area (Å²) in [6.45, 7) is 2.22. The first kappa shape index (κ1) is 17.3. The van der Waals surface area contributed by atoms with Crippen LogP contribution in [0.1, 0.15) is 51.0 Å². The lowest BCUT2D eigenvalue weighted by Crippen LogP contribution is -2.45. The van der Waals surface area contributed by atoms with E-state index in [2.05, 4.69) is 6.92 Å². The van der Waals surface area contributed by atoms with Gasteiger partial charge in [-0.05, 0) is 31.6 Å². The van der Waals surface area contributed by atoms with Gasteiger partial charge in [-0.25, -0.2) is 4.79 Å². The molecule has 0 bridgehead atoms. The lowest BCUT2D eigenvalue weighted by atomic mass is 9.83. The Morgan fingerprint density at radius 3 is 2.30 bits per heavy atom. The van der Waals surface area contributed by atoms with Crippen LogP contribution in [0.5, 0.6) is 0 Å². The van der Waals surface area contributed by atoms with E-state index in [0.717, 1.165) is 23.3 Å². The number of aromatic nitrogens is 2. The van der Waals surface area contributed by atoms with Crippen molar-refractivity contribution in [1.82, 2.24) is 9.13 Å². The number of rotatable bonds is 4. The summed E-state index contributed by atoms with van der Waals surface area (Å²) in [5, 5.41) is 9.39. The summed E-state index contributed by atoms with van der Waals surface area (Å²) in [4.78, 5) is 26.4. The fourth-order valence-electron chi connectivity index (χ4n) is 3.75. The first-order valence-corrected chi connectivity index (χ1v) is 8.35. The minimum Gasteiger partial charge on any atom is -0.357 e. The van der Waals surface area contributed by atoms with Crippen molar-refractivity contribution in [3.05, 3.63) is 26.4 Å². The number of anilines is 1. The summed E-state index contributed by atoms with van der Waals surface area (Å²) >= 11 is 0. The molecule has 23 heavy (non-hydrogen) atoms. The standard InChI is InChI=1S/C17H26N4O2/c1-5-6-12-7-9-13(10-8-12)19(2)15-14(11-18)16(22)21(4)17(23)20(15)3/h12-13H,5-10H2,1-4H3. The van der Waals surface area contributed by atoms with Crippen molar-refractivity contribution in [2.45, 2.75) is 51.5 Å². The fourth-order valence-corrected chi connectivity index (χ4v) is 3.75. The van der Waals surface area contributed by atoms with E-state index in [1.807, 2.05) is 18.0 Å². The molecule has 0 radical (unpaired) electrons. The van der Waals surface area contributed by atoms with Gasteiger partial charge in [0.25, 0.3) is 5.56 Å². The second-order valence-electron chi connectivity index (χ2n) is 6.59. The highest BCUT2D eigenvalue weighted by atomic mass is 16.2. The van der Waals surface area contributed by atoms with Gasteiger partial charge in [-0.15, -0.1) is 0 Å². The predicted molar refractivity (Wildman–Crippen MR) is 90.7 cm³/mol. The Morgan fingerprint density at radius 1 is 1.17 bits per heavy atom. The molecule has 2 rings (SSSR count). The maximum Gasteiger partial charge on any atom is 0.332 e. The van der Waals surface area contributed by atoms with Crippen molar-refractivity contribution in [3.63, 3.8) is 0 Å². The molecule has 0 N–H and O–H groups in total. The molecule has 1 aliphatic carbocycles. The Hall–Kier alpha value is -2.03. The molecule has 1 saturated carbocycles. The van der Waals surface area contributed by atoms with Crippen LogP contribution in [0.15, 0.2) is 9.59 Å². The van der Waals surface area contributed by atoms with Crippen LogP contribution in [0, 0.1) is 17.2 Å². The Labute approximate surface area is 137 Å². The summed E-state index contributed by atoms with van der Waals surface area (Å²) in [6, 6.07) is 2.26. The van der Waals surface area contributed by atoms with Gasteiger partial charge in [-0.3, -0.25) is 13.9 Å². The maximum absolute atomic E-state index is 12.2. The lowest BCUT2D eigenvalue weighted by molar-refractivity contribution is 0.302. The zero-order chi connectivity index (χ0) is 17.1. The summed E-state index contributed by atoms with van der Waals surface area (Å²) in [5.74, 6) is 1.23. The van der Waals surface area contributed by atoms with Crippen molar-refractivity contribution in [2.75, 3.05) is 11.9 Å². The number of hydrogen-bond donors (Lipinski definition) is 0. The number of nitriles is 1. The molecule has 0 saturated heterocycles. The van der Waals surface area contributed by atoms with Crippen molar-refractivity contribution in [1.29, 1.82) is 5.26 Å². The third-order valence-corrected chi connectivity index (χ3v) is 5.14. The Kier molecular flexibility index (Phi) is 5.30. The molecule has 0 aliphatic heterocycles. The SMILES string of the molecule is CCCC1CCC(N(C)c2c(C#N)c(=O)n(C)c(=O)n2C)CC1. The van der Waals surface area contributed by atoms with E-state index in [9.17, 15) is 14.9 Å². The third-order valence-electron chi connectivity index (χ3n) is 5.14. The molecule has 0 aromatic carbocycles. The highest BCUT2D eigenvalue weighted by Gasteiger charge is 2.27. The molecular weight excluding hydrogens is 292 g/mol. The maximum atomic E-state index is 12.2. The first-order chi connectivity index (χ1) is 10.9. The normalized spacial score (nSPS) is 21.0. The summed E-state index contributed by atoms with van der Waals surface area (Å²) in [5.41, 5.74) is -0.861. The third kappa shape index (κ3) is 3.19. The largest absolute Gasteiger partial charge is 0.357 e. The smallest absolute Gasteiger partial charge is 0.332 e. The van der Waals surface area contributed by atoms with Crippen molar-refractivity contribution < 1.29 is 0 Å². The van der Waals surface area contributed by atoms with E-state index in [-0.39, 0.29) is 11.6 Å². The van der Waals surface area contributed by atoms with Gasteiger partial charge < -0.3 is 4.90 Å². The molecule has 1 aromatic rings. The van der Waals surface area contributed by atoms with Crippen LogP contribution in [0.25, 0.3) is 0 Å². The van der Waals surface area contributed by atoms with E-state index in [0.29, 0.717) is 5.82 Å². The van der Waals surface area contributed by atoms with Gasteiger partial charge in [-0.1, -0.05) is 19.8 Å². The van der Waals surface area contributed by atoms with Gasteiger partial charge in [0.1, 0.15) is 11.9 Å². The molecule has 126 valence electrons. The van der Waals surface area contributed by atoms with E-state index < -0.39 is 11.2 Å². The van der Waals surface area contributed by atoms with Crippen LogP contribution in [0.4, 0.5) is 5.82 Å². The zero-order valence-corrected chi connectivity index (χ0v) is 14.5. The summed E-state index contributed by atoms with van der Waals surface area (Å²) in [6.07, 6.45) is 6.90. The number of hydrogen-bond acceptors (Lipinski definition) is 4. The average molecular weight is 318 g/mol. The van der Waals surface area contributed by atoms with Crippen LogP contribution in [0.2, 0.25) is 0 Å². The molecule has 1 heterocycles. The van der Waals surface area contributed by atoms with Crippen LogP contribution in [0.3, 0.4) is 0 Å². The van der Waals surface area contributed by atoms with Gasteiger partial charge in [0.15, 0.2) is 5.56 Å². The molecule has 0 spiro atoms. The van der Waals surface area contributed by atoms with Crippen LogP contribution in [-0.4, -0.2) is 22.2 Å². The van der Waals surface area contributed by atoms with Gasteiger partial charge in [-0.2, -0.15) is 5.26 Å². The second-order valence-corrected chi connectivity index (χ2v) is 6.59. The quantitative estimate of drug-likeness (QED) is 0.848. The fraction of sp³-hybridized carbons (Fsp3) is 0.706. The van der Waals surface area contributed by atoms with E-state index >= 15 is 0 Å². The molecule has 6 nitrogen and oxygen atoms in total. The van der Waals surface area contributed by atoms with Gasteiger partial charge in [0.05, 0.1) is 0 Å². The second kappa shape index (κ2) is 7.03. The van der Waals surface area contributed by atoms with Gasteiger partial charge in [0.2, 0.25) is 0 Å². The molecule has 0 amide bonds. The molecule has 1 aliphatic rings. The zero-order valence-electron chi connectivity index (χ0n) is 14.5. The minimum atomic E-state index is -0.517. The molecule has 1 aromatic heterocycles. The van der Waals surface area contributed by atoms with Crippen molar-refractivity contribution >= 4 is 5.82 Å². The van der Waals surface area contributed by atoms with E-state index in [1.54, 1.807) is 7.05 Å². The number of nitrogens with zero attached hydrogens (tertiary/aromatic N) is 4. The van der Waals surface area contributed by atoms with Gasteiger partial charge >= 0.3 is 5.69 Å². The first-order valence-electron chi connectivity index (χ1n) is 8.35. The van der Waals surface area contributed by atoms with E-state index in [1.165, 1.54) is 37.3 Å². The predicted octanol–water partition coefficient (Wildman–Crippen LogP) is 1.75. The molecule has 0 atom stereocenters. The topological polar surface area (TPSA) is 71.0 Å². The average Bonchev–Trinajstić information content (AvgIpc) is 2.56. The summed E-state index contributed by atoms with van der Waals surface area (Å²) < 4.78 is 2.41. The molecule has 0 unspecified atom stereocenters. The Bertz CT molecular complexity index is 718. The van der Waals surface area contributed by atoms with Crippen molar-refractivity contribution in [2.24, 2.45) is 20.0 Å². The van der Waals surface area contributed by atoms with Crippen LogP contribution >= 0.6 is 0 Å². The Morgan fingerprint density at radius 2 is 1.78 bits per heavy atom. The van der Waals surface area contributed by atoms with Crippen molar-refractivity contribution in [3.8, 4) is 6.07 Å². The Balaban J connectivity index is 2.34. The highest BCUT2D eigenvalue weighted by molar-refractivity contribution is 5.53. The summed E-state index contributed by atoms with van der Waals surface area (Å²) in [7, 11) is 4.92. The van der Waals surface area contributed by atoms with E-state index in [4.69, 9.17) is 0 Å². The van der Waals surface area contributed by atoms with Gasteiger partial charge in [0, 0.05) is 27.2 Å². The van der Waals surface area contributed by atoms with Crippen LogP contribution in [-0.2, 0) is 14.1 Å².